The van der Waals surface area contributed by atoms with E-state index in [4.69, 9.17) is 4.74 Å². The summed E-state index contributed by atoms with van der Waals surface area (Å²) in [6.45, 7) is 10.9. The molecule has 1 N–H and O–H groups in total. The molecule has 1 aliphatic heterocycles. The zero-order valence-corrected chi connectivity index (χ0v) is 13.9. The molecule has 1 fully saturated rings. The summed E-state index contributed by atoms with van der Waals surface area (Å²) in [5.74, 6) is 1.36. The highest BCUT2D eigenvalue weighted by Gasteiger charge is 2.25. The quantitative estimate of drug-likeness (QED) is 0.870. The molecule has 3 nitrogen and oxygen atoms in total. The predicted molar refractivity (Wildman–Crippen MR) is 89.8 cm³/mol. The second kappa shape index (κ2) is 7.81. The first kappa shape index (κ1) is 16.3. The lowest BCUT2D eigenvalue weighted by atomic mass is 9.95. The number of benzene rings is 1. The summed E-state index contributed by atoms with van der Waals surface area (Å²) in [6, 6.07) is 8.97. The number of nitrogens with zero attached hydrogens (tertiary/aromatic N) is 1. The van der Waals surface area contributed by atoms with Gasteiger partial charge < -0.3 is 15.0 Å². The fourth-order valence-electron chi connectivity index (χ4n) is 2.90. The minimum absolute atomic E-state index is 0.353. The van der Waals surface area contributed by atoms with Gasteiger partial charge in [0.05, 0.1) is 6.10 Å². The second-order valence-electron chi connectivity index (χ2n) is 6.68. The summed E-state index contributed by atoms with van der Waals surface area (Å²) in [5.41, 5.74) is 2.67. The zero-order chi connectivity index (χ0) is 15.2. The normalized spacial score (nSPS) is 22.8. The van der Waals surface area contributed by atoms with Crippen LogP contribution in [0.1, 0.15) is 32.8 Å². The van der Waals surface area contributed by atoms with Crippen molar-refractivity contribution in [2.45, 2.75) is 39.8 Å². The first-order valence-corrected chi connectivity index (χ1v) is 8.17. The molecule has 0 aromatic heterocycles. The fraction of sp³-hybridized carbons (Fsp3) is 0.667. The molecule has 0 radical (unpaired) electrons. The Balaban J connectivity index is 1.89. The van der Waals surface area contributed by atoms with Crippen LogP contribution in [0.4, 0.5) is 5.69 Å². The van der Waals surface area contributed by atoms with Crippen LogP contribution in [0.2, 0.25) is 0 Å². The van der Waals surface area contributed by atoms with E-state index < -0.39 is 0 Å². The molecule has 1 aromatic rings. The number of anilines is 1. The number of piperidine rings is 1. The number of nitrogens with one attached hydrogen (secondary N) is 1. The summed E-state index contributed by atoms with van der Waals surface area (Å²) in [6.07, 6.45) is 1.56. The zero-order valence-electron chi connectivity index (χ0n) is 13.9. The van der Waals surface area contributed by atoms with Crippen LogP contribution in [0.15, 0.2) is 24.3 Å². The summed E-state index contributed by atoms with van der Waals surface area (Å²) in [5, 5.41) is 3.49. The van der Waals surface area contributed by atoms with Crippen molar-refractivity contribution in [1.82, 2.24) is 5.32 Å². The molecule has 0 spiro atoms. The molecule has 3 heteroatoms. The first-order valence-electron chi connectivity index (χ1n) is 8.17. The van der Waals surface area contributed by atoms with Crippen molar-refractivity contribution in [2.24, 2.45) is 11.8 Å². The number of methoxy groups -OCH3 is 1. The van der Waals surface area contributed by atoms with Crippen LogP contribution in [0, 0.1) is 11.8 Å². The number of rotatable bonds is 6. The van der Waals surface area contributed by atoms with Gasteiger partial charge in [-0.15, -0.1) is 0 Å². The average Bonchev–Trinajstić information content (AvgIpc) is 2.48. The van der Waals surface area contributed by atoms with Gasteiger partial charge in [0.1, 0.15) is 0 Å². The molecule has 2 rings (SSSR count). The third kappa shape index (κ3) is 4.72. The molecular weight excluding hydrogens is 260 g/mol. The molecule has 0 bridgehead atoms. The van der Waals surface area contributed by atoms with Crippen molar-refractivity contribution in [3.8, 4) is 0 Å². The summed E-state index contributed by atoms with van der Waals surface area (Å²) in [4.78, 5) is 2.44. The van der Waals surface area contributed by atoms with Crippen molar-refractivity contribution in [1.29, 1.82) is 0 Å². The SMILES string of the molecule is COC1CN(c2ccc(CNCC(C)C)cc2)CCC1C. The molecule has 118 valence electrons. The van der Waals surface area contributed by atoms with Crippen molar-refractivity contribution < 1.29 is 4.74 Å². The number of hydrogen-bond acceptors (Lipinski definition) is 3. The highest BCUT2D eigenvalue weighted by molar-refractivity contribution is 5.48. The summed E-state index contributed by atoms with van der Waals surface area (Å²) in [7, 11) is 1.83. The lowest BCUT2D eigenvalue weighted by Crippen LogP contribution is -2.43. The van der Waals surface area contributed by atoms with Crippen LogP contribution in [0.5, 0.6) is 0 Å². The topological polar surface area (TPSA) is 24.5 Å². The average molecular weight is 290 g/mol. The van der Waals surface area contributed by atoms with Crippen molar-refractivity contribution in [2.75, 3.05) is 31.6 Å². The van der Waals surface area contributed by atoms with Crippen LogP contribution in [0.3, 0.4) is 0 Å². The Morgan fingerprint density at radius 3 is 2.62 bits per heavy atom. The Kier molecular flexibility index (Phi) is 6.07. The highest BCUT2D eigenvalue weighted by Crippen LogP contribution is 2.25. The Hall–Kier alpha value is -1.06. The van der Waals surface area contributed by atoms with Gasteiger partial charge in [0, 0.05) is 32.4 Å². The summed E-state index contributed by atoms with van der Waals surface area (Å²) >= 11 is 0. The molecule has 0 aliphatic carbocycles. The van der Waals surface area contributed by atoms with E-state index in [0.29, 0.717) is 17.9 Å². The van der Waals surface area contributed by atoms with Gasteiger partial charge in [0.15, 0.2) is 0 Å². The van der Waals surface area contributed by atoms with Crippen molar-refractivity contribution >= 4 is 5.69 Å². The molecule has 1 heterocycles. The Labute approximate surface area is 129 Å². The minimum atomic E-state index is 0.353. The predicted octanol–water partition coefficient (Wildman–Crippen LogP) is 3.29. The van der Waals surface area contributed by atoms with E-state index in [0.717, 1.165) is 26.2 Å². The van der Waals surface area contributed by atoms with Crippen LogP contribution in [-0.4, -0.2) is 32.8 Å². The van der Waals surface area contributed by atoms with E-state index in [9.17, 15) is 0 Å². The minimum Gasteiger partial charge on any atom is -0.379 e. The molecule has 1 aliphatic rings. The number of ether oxygens (including phenoxy) is 1. The standard InChI is InChI=1S/C18H30N2O/c1-14(2)11-19-12-16-5-7-17(8-6-16)20-10-9-15(3)18(13-20)21-4/h5-8,14-15,18-19H,9-13H2,1-4H3. The maximum absolute atomic E-state index is 5.60. The van der Waals surface area contributed by atoms with Crippen LogP contribution < -0.4 is 10.2 Å². The molecule has 2 atom stereocenters. The molecule has 21 heavy (non-hydrogen) atoms. The molecular formula is C18H30N2O. The van der Waals surface area contributed by atoms with Gasteiger partial charge >= 0.3 is 0 Å². The fourth-order valence-corrected chi connectivity index (χ4v) is 2.90. The van der Waals surface area contributed by atoms with E-state index in [-0.39, 0.29) is 0 Å². The van der Waals surface area contributed by atoms with E-state index in [1.807, 2.05) is 7.11 Å². The maximum atomic E-state index is 5.60. The van der Waals surface area contributed by atoms with Crippen LogP contribution in [-0.2, 0) is 11.3 Å². The number of hydrogen-bond donors (Lipinski definition) is 1. The van der Waals surface area contributed by atoms with Gasteiger partial charge in [-0.3, -0.25) is 0 Å². The highest BCUT2D eigenvalue weighted by atomic mass is 16.5. The van der Waals surface area contributed by atoms with Crippen molar-refractivity contribution in [3.63, 3.8) is 0 Å². The lowest BCUT2D eigenvalue weighted by Gasteiger charge is -2.37. The Bertz CT molecular complexity index is 416. The van der Waals surface area contributed by atoms with Crippen LogP contribution in [0.25, 0.3) is 0 Å². The third-order valence-corrected chi connectivity index (χ3v) is 4.38. The van der Waals surface area contributed by atoms with E-state index >= 15 is 0 Å². The Morgan fingerprint density at radius 2 is 2.00 bits per heavy atom. The van der Waals surface area contributed by atoms with Gasteiger partial charge in [-0.25, -0.2) is 0 Å². The molecule has 1 saturated heterocycles. The van der Waals surface area contributed by atoms with Gasteiger partial charge in [-0.2, -0.15) is 0 Å². The van der Waals surface area contributed by atoms with Gasteiger partial charge in [-0.05, 0) is 42.5 Å². The van der Waals surface area contributed by atoms with Gasteiger partial charge in [0.2, 0.25) is 0 Å². The summed E-state index contributed by atoms with van der Waals surface area (Å²) < 4.78 is 5.60. The molecule has 1 aromatic carbocycles. The third-order valence-electron chi connectivity index (χ3n) is 4.38. The van der Waals surface area contributed by atoms with Crippen molar-refractivity contribution in [3.05, 3.63) is 29.8 Å². The smallest absolute Gasteiger partial charge is 0.0772 e. The van der Waals surface area contributed by atoms with Crippen LogP contribution >= 0.6 is 0 Å². The van der Waals surface area contributed by atoms with E-state index in [1.165, 1.54) is 17.7 Å². The molecule has 0 amide bonds. The van der Waals surface area contributed by atoms with Gasteiger partial charge in [-0.1, -0.05) is 32.9 Å². The largest absolute Gasteiger partial charge is 0.379 e. The van der Waals surface area contributed by atoms with E-state index in [2.05, 4.69) is 55.3 Å². The van der Waals surface area contributed by atoms with E-state index in [1.54, 1.807) is 0 Å². The first-order chi connectivity index (χ1) is 10.1. The molecule has 0 saturated carbocycles. The second-order valence-corrected chi connectivity index (χ2v) is 6.68. The molecule has 2 unspecified atom stereocenters. The Morgan fingerprint density at radius 1 is 1.29 bits per heavy atom. The lowest BCUT2D eigenvalue weighted by molar-refractivity contribution is 0.0498. The van der Waals surface area contributed by atoms with Gasteiger partial charge in [0.25, 0.3) is 0 Å². The maximum Gasteiger partial charge on any atom is 0.0772 e. The monoisotopic (exact) mass is 290 g/mol.